The summed E-state index contributed by atoms with van der Waals surface area (Å²) in [6, 6.07) is 5.69. The number of nitrogens with zero attached hydrogens (tertiary/aromatic N) is 4. The zero-order chi connectivity index (χ0) is 28.2. The molecule has 3 amide bonds. The molecule has 0 spiro atoms. The summed E-state index contributed by atoms with van der Waals surface area (Å²) >= 11 is 0. The van der Waals surface area contributed by atoms with Gasteiger partial charge in [0.1, 0.15) is 12.4 Å². The van der Waals surface area contributed by atoms with Crippen molar-refractivity contribution in [1.82, 2.24) is 19.8 Å². The van der Waals surface area contributed by atoms with Crippen LogP contribution in [0.15, 0.2) is 42.9 Å². The molecular formula is C27H29F4N5O3. The fourth-order valence-electron chi connectivity index (χ4n) is 5.64. The second-order valence-corrected chi connectivity index (χ2v) is 11.0. The Morgan fingerprint density at radius 1 is 1.15 bits per heavy atom. The van der Waals surface area contributed by atoms with Gasteiger partial charge in [0, 0.05) is 61.4 Å². The first-order chi connectivity index (χ1) is 18.3. The summed E-state index contributed by atoms with van der Waals surface area (Å²) in [6.45, 7) is 3.94. The van der Waals surface area contributed by atoms with E-state index in [1.807, 2.05) is 18.7 Å². The third-order valence-corrected chi connectivity index (χ3v) is 7.70. The highest BCUT2D eigenvalue weighted by molar-refractivity contribution is 6.06. The number of anilines is 1. The maximum absolute atomic E-state index is 16.0. The Kier molecular flexibility index (Phi) is 6.66. The number of carbonyl (C=O) groups excluding carboxylic acids is 2. The maximum atomic E-state index is 16.0. The van der Waals surface area contributed by atoms with E-state index >= 15 is 4.39 Å². The van der Waals surface area contributed by atoms with Gasteiger partial charge < -0.3 is 9.67 Å². The van der Waals surface area contributed by atoms with Gasteiger partial charge >= 0.3 is 12.2 Å². The fourth-order valence-corrected chi connectivity index (χ4v) is 5.64. The van der Waals surface area contributed by atoms with Crippen LogP contribution in [-0.4, -0.2) is 57.3 Å². The van der Waals surface area contributed by atoms with Crippen LogP contribution in [0.3, 0.4) is 0 Å². The Hall–Kier alpha value is -3.51. The second-order valence-electron chi connectivity index (χ2n) is 11.0. The Labute approximate surface area is 222 Å². The normalized spacial score (nSPS) is 22.4. The molecule has 3 aromatic rings. The van der Waals surface area contributed by atoms with Gasteiger partial charge in [-0.25, -0.2) is 9.18 Å². The molecule has 208 valence electrons. The second kappa shape index (κ2) is 9.60. The number of hydrogen-bond donors (Lipinski definition) is 2. The summed E-state index contributed by atoms with van der Waals surface area (Å²) < 4.78 is 55.3. The van der Waals surface area contributed by atoms with Gasteiger partial charge in [-0.3, -0.25) is 24.9 Å². The zero-order valence-corrected chi connectivity index (χ0v) is 21.6. The number of piperidine rings is 1. The number of carbonyl (C=O) groups is 2. The number of hydrogen-bond acceptors (Lipinski definition) is 5. The standard InChI is InChI=1S/C27H29F4N5O3/c1-25(2)15-35(14-17-5-8-34(13-17)16-27(29,30)31)10-7-26(25,39)20-3-4-21-19(23(20)28)11-18(12-32-21)36-9-6-22(37)33-24(36)38/h3-5,8,11-13,39H,6-7,9-10,14-16H2,1-2H3,(H,33,37,38)/t26-/m0/s1. The van der Waals surface area contributed by atoms with Gasteiger partial charge in [0.2, 0.25) is 5.91 Å². The van der Waals surface area contributed by atoms with Gasteiger partial charge in [-0.15, -0.1) is 0 Å². The number of urea groups is 1. The number of likely N-dealkylation sites (tertiary alicyclic amines) is 1. The van der Waals surface area contributed by atoms with Crippen molar-refractivity contribution in [3.63, 3.8) is 0 Å². The Morgan fingerprint density at radius 2 is 1.92 bits per heavy atom. The molecule has 1 atom stereocenters. The molecule has 4 heterocycles. The average Bonchev–Trinajstić information content (AvgIpc) is 3.26. The summed E-state index contributed by atoms with van der Waals surface area (Å²) in [6.07, 6.45) is 0.314. The molecule has 2 fully saturated rings. The molecule has 1 aromatic carbocycles. The number of amides is 3. The van der Waals surface area contributed by atoms with E-state index in [2.05, 4.69) is 10.3 Å². The molecule has 2 aromatic heterocycles. The number of imide groups is 1. The summed E-state index contributed by atoms with van der Waals surface area (Å²) in [5.41, 5.74) is -0.813. The van der Waals surface area contributed by atoms with Crippen LogP contribution in [0.4, 0.5) is 28.0 Å². The predicted molar refractivity (Wildman–Crippen MR) is 135 cm³/mol. The molecule has 0 aliphatic carbocycles. The van der Waals surface area contributed by atoms with Gasteiger partial charge in [-0.2, -0.15) is 13.2 Å². The van der Waals surface area contributed by atoms with Crippen LogP contribution in [0.2, 0.25) is 0 Å². The monoisotopic (exact) mass is 547 g/mol. The van der Waals surface area contributed by atoms with Crippen LogP contribution in [0, 0.1) is 11.2 Å². The Bertz CT molecular complexity index is 1440. The SMILES string of the molecule is CC1(C)CN(Cc2ccn(CC(F)(F)F)c2)CC[C@]1(O)c1ccc2ncc(N3CCC(=O)NC3=O)cc2c1F. The van der Waals surface area contributed by atoms with Crippen LogP contribution in [0.25, 0.3) is 10.9 Å². The predicted octanol–water partition coefficient (Wildman–Crippen LogP) is 4.30. The van der Waals surface area contributed by atoms with Crippen LogP contribution >= 0.6 is 0 Å². The van der Waals surface area contributed by atoms with Crippen molar-refractivity contribution in [1.29, 1.82) is 0 Å². The van der Waals surface area contributed by atoms with E-state index in [4.69, 9.17) is 0 Å². The van der Waals surface area contributed by atoms with E-state index < -0.39 is 35.6 Å². The highest BCUT2D eigenvalue weighted by atomic mass is 19.4. The highest BCUT2D eigenvalue weighted by Crippen LogP contribution is 2.48. The van der Waals surface area contributed by atoms with Crippen molar-refractivity contribution in [2.45, 2.75) is 51.6 Å². The first kappa shape index (κ1) is 27.1. The lowest BCUT2D eigenvalue weighted by atomic mass is 9.66. The maximum Gasteiger partial charge on any atom is 0.406 e. The molecular weight excluding hydrogens is 518 g/mol. The van der Waals surface area contributed by atoms with E-state index in [0.29, 0.717) is 30.8 Å². The molecule has 2 aliphatic rings. The number of alkyl halides is 3. The number of pyridine rings is 1. The summed E-state index contributed by atoms with van der Waals surface area (Å²) in [7, 11) is 0. The van der Waals surface area contributed by atoms with Crippen molar-refractivity contribution >= 4 is 28.5 Å². The molecule has 0 radical (unpaired) electrons. The Morgan fingerprint density at radius 3 is 2.62 bits per heavy atom. The molecule has 0 bridgehead atoms. The number of aromatic nitrogens is 2. The minimum absolute atomic E-state index is 0.115. The van der Waals surface area contributed by atoms with Gasteiger partial charge in [-0.05, 0) is 30.2 Å². The summed E-state index contributed by atoms with van der Waals surface area (Å²) in [4.78, 5) is 31.4. The van der Waals surface area contributed by atoms with Gasteiger partial charge in [0.15, 0.2) is 0 Å². The van der Waals surface area contributed by atoms with E-state index in [9.17, 15) is 27.9 Å². The molecule has 2 saturated heterocycles. The van der Waals surface area contributed by atoms with Crippen LogP contribution in [-0.2, 0) is 23.5 Å². The van der Waals surface area contributed by atoms with Gasteiger partial charge in [0.25, 0.3) is 0 Å². The van der Waals surface area contributed by atoms with Gasteiger partial charge in [0.05, 0.1) is 23.0 Å². The first-order valence-corrected chi connectivity index (χ1v) is 12.6. The molecule has 2 aliphatic heterocycles. The summed E-state index contributed by atoms with van der Waals surface area (Å²) in [5, 5.41) is 14.3. The van der Waals surface area contributed by atoms with Crippen molar-refractivity contribution < 1.29 is 32.3 Å². The van der Waals surface area contributed by atoms with E-state index in [-0.39, 0.29) is 36.2 Å². The highest BCUT2D eigenvalue weighted by Gasteiger charge is 2.50. The molecule has 5 rings (SSSR count). The first-order valence-electron chi connectivity index (χ1n) is 12.6. The average molecular weight is 548 g/mol. The lowest BCUT2D eigenvalue weighted by Crippen LogP contribution is -2.55. The lowest BCUT2D eigenvalue weighted by molar-refractivity contribution is -0.140. The minimum atomic E-state index is -4.31. The van der Waals surface area contributed by atoms with Crippen LogP contribution in [0.1, 0.15) is 37.8 Å². The zero-order valence-electron chi connectivity index (χ0n) is 21.6. The number of fused-ring (bicyclic) bond motifs is 1. The summed E-state index contributed by atoms with van der Waals surface area (Å²) in [5.74, 6) is -1.02. The quantitative estimate of drug-likeness (QED) is 0.465. The van der Waals surface area contributed by atoms with E-state index in [1.165, 1.54) is 35.6 Å². The fraction of sp³-hybridized carbons (Fsp3) is 0.444. The van der Waals surface area contributed by atoms with Crippen molar-refractivity contribution in [3.8, 4) is 0 Å². The Balaban J connectivity index is 1.38. The van der Waals surface area contributed by atoms with Crippen LogP contribution < -0.4 is 10.2 Å². The molecule has 2 N–H and O–H groups in total. The number of rotatable bonds is 5. The van der Waals surface area contributed by atoms with Gasteiger partial charge in [-0.1, -0.05) is 19.9 Å². The molecule has 39 heavy (non-hydrogen) atoms. The molecule has 12 heteroatoms. The van der Waals surface area contributed by atoms with E-state index in [1.54, 1.807) is 12.1 Å². The largest absolute Gasteiger partial charge is 0.406 e. The van der Waals surface area contributed by atoms with Crippen molar-refractivity contribution in [2.75, 3.05) is 24.5 Å². The number of aliphatic hydroxyl groups is 1. The topological polar surface area (TPSA) is 90.7 Å². The van der Waals surface area contributed by atoms with E-state index in [0.717, 1.165) is 10.1 Å². The number of benzene rings is 1. The lowest BCUT2D eigenvalue weighted by Gasteiger charge is -2.50. The molecule has 8 nitrogen and oxygen atoms in total. The smallest absolute Gasteiger partial charge is 0.384 e. The third kappa shape index (κ3) is 5.22. The molecule has 0 saturated carbocycles. The van der Waals surface area contributed by atoms with Crippen molar-refractivity contribution in [2.24, 2.45) is 5.41 Å². The number of halogens is 4. The van der Waals surface area contributed by atoms with Crippen LogP contribution in [0.5, 0.6) is 0 Å². The van der Waals surface area contributed by atoms with Crippen molar-refractivity contribution in [3.05, 3.63) is 59.8 Å². The molecule has 0 unspecified atom stereocenters. The minimum Gasteiger partial charge on any atom is -0.384 e. The number of nitrogens with one attached hydrogen (secondary N) is 1. The third-order valence-electron chi connectivity index (χ3n) is 7.70.